The van der Waals surface area contributed by atoms with Gasteiger partial charge in [0, 0.05) is 24.6 Å². The second kappa shape index (κ2) is 8.86. The van der Waals surface area contributed by atoms with Crippen molar-refractivity contribution in [3.05, 3.63) is 59.7 Å². The van der Waals surface area contributed by atoms with Crippen molar-refractivity contribution < 1.29 is 13.2 Å². The van der Waals surface area contributed by atoms with Crippen LogP contribution in [0.5, 0.6) is 0 Å². The fourth-order valence-electron chi connectivity index (χ4n) is 3.62. The van der Waals surface area contributed by atoms with Crippen LogP contribution in [0.25, 0.3) is 10.6 Å². The van der Waals surface area contributed by atoms with Crippen molar-refractivity contribution >= 4 is 32.4 Å². The van der Waals surface area contributed by atoms with E-state index in [2.05, 4.69) is 15.5 Å². The fourth-order valence-corrected chi connectivity index (χ4v) is 5.93. The summed E-state index contributed by atoms with van der Waals surface area (Å²) in [5.41, 5.74) is 3.10. The Balaban J connectivity index is 1.37. The van der Waals surface area contributed by atoms with Crippen molar-refractivity contribution in [1.82, 2.24) is 14.5 Å². The summed E-state index contributed by atoms with van der Waals surface area (Å²) in [4.78, 5) is 13.0. The van der Waals surface area contributed by atoms with E-state index < -0.39 is 10.0 Å². The third kappa shape index (κ3) is 4.68. The van der Waals surface area contributed by atoms with Crippen LogP contribution >= 0.6 is 11.3 Å². The summed E-state index contributed by atoms with van der Waals surface area (Å²) in [5.74, 6) is -0.393. The van der Waals surface area contributed by atoms with Crippen LogP contribution in [-0.4, -0.2) is 41.9 Å². The van der Waals surface area contributed by atoms with Crippen molar-refractivity contribution in [2.45, 2.75) is 31.6 Å². The lowest BCUT2D eigenvalue weighted by molar-refractivity contribution is -0.120. The second-order valence-electron chi connectivity index (χ2n) is 7.71. The maximum absolute atomic E-state index is 12.8. The van der Waals surface area contributed by atoms with E-state index in [0.717, 1.165) is 21.7 Å². The van der Waals surface area contributed by atoms with Crippen molar-refractivity contribution in [2.75, 3.05) is 18.4 Å². The predicted molar refractivity (Wildman–Crippen MR) is 121 cm³/mol. The summed E-state index contributed by atoms with van der Waals surface area (Å²) in [5, 5.41) is 12.4. The summed E-state index contributed by atoms with van der Waals surface area (Å²) in [6, 6.07) is 14.7. The minimum Gasteiger partial charge on any atom is -0.300 e. The summed E-state index contributed by atoms with van der Waals surface area (Å²) >= 11 is 1.34. The number of carbonyl (C=O) groups excluding carboxylic acids is 1. The number of nitrogens with zero attached hydrogens (tertiary/aromatic N) is 3. The van der Waals surface area contributed by atoms with Gasteiger partial charge in [-0.1, -0.05) is 53.3 Å². The molecule has 1 aromatic heterocycles. The molecule has 1 aliphatic rings. The molecule has 2 heterocycles. The Hall–Kier alpha value is -2.62. The van der Waals surface area contributed by atoms with Gasteiger partial charge < -0.3 is 5.32 Å². The molecule has 0 spiro atoms. The number of hydrogen-bond donors (Lipinski definition) is 1. The van der Waals surface area contributed by atoms with Crippen LogP contribution in [0, 0.1) is 19.8 Å². The van der Waals surface area contributed by atoms with Crippen molar-refractivity contribution in [3.63, 3.8) is 0 Å². The number of rotatable bonds is 5. The van der Waals surface area contributed by atoms with Gasteiger partial charge in [0.2, 0.25) is 21.1 Å². The zero-order valence-corrected chi connectivity index (χ0v) is 19.0. The van der Waals surface area contributed by atoms with Crippen LogP contribution < -0.4 is 5.32 Å². The average molecular weight is 457 g/mol. The largest absolute Gasteiger partial charge is 0.300 e. The third-order valence-electron chi connectivity index (χ3n) is 5.51. The molecule has 7 nitrogen and oxygen atoms in total. The number of piperidine rings is 1. The van der Waals surface area contributed by atoms with Gasteiger partial charge in [-0.15, -0.1) is 10.2 Å². The smallest absolute Gasteiger partial charge is 0.243 e. The van der Waals surface area contributed by atoms with Gasteiger partial charge in [0.15, 0.2) is 0 Å². The van der Waals surface area contributed by atoms with E-state index in [0.29, 0.717) is 36.0 Å². The van der Waals surface area contributed by atoms with Gasteiger partial charge in [-0.05, 0) is 44.4 Å². The molecular weight excluding hydrogens is 432 g/mol. The van der Waals surface area contributed by atoms with E-state index in [1.165, 1.54) is 15.6 Å². The molecule has 0 radical (unpaired) electrons. The van der Waals surface area contributed by atoms with Gasteiger partial charge in [-0.3, -0.25) is 4.79 Å². The fraction of sp³-hybridized carbons (Fsp3) is 0.318. The van der Waals surface area contributed by atoms with Crippen LogP contribution in [0.15, 0.2) is 53.4 Å². The zero-order valence-electron chi connectivity index (χ0n) is 17.4. The van der Waals surface area contributed by atoms with E-state index >= 15 is 0 Å². The van der Waals surface area contributed by atoms with E-state index in [1.807, 2.05) is 38.1 Å². The van der Waals surface area contributed by atoms with Crippen molar-refractivity contribution in [3.8, 4) is 10.6 Å². The van der Waals surface area contributed by atoms with Crippen LogP contribution in [0.1, 0.15) is 24.0 Å². The maximum atomic E-state index is 12.8. The molecule has 1 amide bonds. The molecule has 1 aliphatic heterocycles. The number of carbonyl (C=O) groups is 1. The van der Waals surface area contributed by atoms with Crippen LogP contribution in [0.2, 0.25) is 0 Å². The number of anilines is 1. The lowest BCUT2D eigenvalue weighted by Gasteiger charge is -2.30. The average Bonchev–Trinajstić information content (AvgIpc) is 3.22. The van der Waals surface area contributed by atoms with E-state index in [9.17, 15) is 13.2 Å². The van der Waals surface area contributed by atoms with Crippen LogP contribution in [0.4, 0.5) is 5.13 Å². The predicted octanol–water partition coefficient (Wildman–Crippen LogP) is 3.86. The molecule has 3 aromatic rings. The zero-order chi connectivity index (χ0) is 22.0. The number of benzene rings is 2. The number of nitrogens with one attached hydrogen (secondary N) is 1. The molecule has 31 heavy (non-hydrogen) atoms. The maximum Gasteiger partial charge on any atom is 0.243 e. The second-order valence-corrected chi connectivity index (χ2v) is 10.6. The molecule has 1 fully saturated rings. The highest BCUT2D eigenvalue weighted by Crippen LogP contribution is 2.30. The van der Waals surface area contributed by atoms with Crippen molar-refractivity contribution in [2.24, 2.45) is 5.92 Å². The number of aromatic nitrogens is 2. The monoisotopic (exact) mass is 456 g/mol. The minimum atomic E-state index is -3.54. The van der Waals surface area contributed by atoms with Gasteiger partial charge in [0.05, 0.1) is 4.90 Å². The Morgan fingerprint density at radius 2 is 1.71 bits per heavy atom. The Morgan fingerprint density at radius 1 is 1.03 bits per heavy atom. The third-order valence-corrected chi connectivity index (χ3v) is 8.30. The lowest BCUT2D eigenvalue weighted by atomic mass is 9.97. The van der Waals surface area contributed by atoms with E-state index in [-0.39, 0.29) is 11.8 Å². The molecule has 0 aliphatic carbocycles. The molecule has 4 rings (SSSR count). The number of amides is 1. The first-order chi connectivity index (χ1) is 14.8. The van der Waals surface area contributed by atoms with Gasteiger partial charge in [0.1, 0.15) is 5.01 Å². The highest BCUT2D eigenvalue weighted by Gasteiger charge is 2.32. The first kappa shape index (κ1) is 21.6. The SMILES string of the molecule is Cc1ccc(S(=O)(=O)N2CCC(C(=O)Nc3nnc(-c4ccccc4C)s3)CC2)cc1. The summed E-state index contributed by atoms with van der Waals surface area (Å²) < 4.78 is 27.1. The normalized spacial score (nSPS) is 15.7. The first-order valence-corrected chi connectivity index (χ1v) is 12.4. The van der Waals surface area contributed by atoms with E-state index in [4.69, 9.17) is 0 Å². The van der Waals surface area contributed by atoms with E-state index in [1.54, 1.807) is 24.3 Å². The Morgan fingerprint density at radius 3 is 2.39 bits per heavy atom. The standard InChI is InChI=1S/C22H24N4O3S2/c1-15-7-9-18(10-8-15)31(28,29)26-13-11-17(12-14-26)20(27)23-22-25-24-21(30-22)19-6-4-3-5-16(19)2/h3-10,17H,11-14H2,1-2H3,(H,23,25,27). The molecular formula is C22H24N4O3S2. The van der Waals surface area contributed by atoms with Crippen LogP contribution in [0.3, 0.4) is 0 Å². The van der Waals surface area contributed by atoms with Gasteiger partial charge >= 0.3 is 0 Å². The molecule has 162 valence electrons. The molecule has 9 heteroatoms. The molecule has 0 atom stereocenters. The molecule has 1 saturated heterocycles. The Bertz CT molecular complexity index is 1180. The highest BCUT2D eigenvalue weighted by molar-refractivity contribution is 7.89. The van der Waals surface area contributed by atoms with Gasteiger partial charge in [-0.25, -0.2) is 8.42 Å². The number of hydrogen-bond acceptors (Lipinski definition) is 6. The summed E-state index contributed by atoms with van der Waals surface area (Å²) in [7, 11) is -3.54. The molecule has 2 aromatic carbocycles. The Labute approximate surface area is 186 Å². The number of sulfonamides is 1. The highest BCUT2D eigenvalue weighted by atomic mass is 32.2. The summed E-state index contributed by atoms with van der Waals surface area (Å²) in [6.07, 6.45) is 0.945. The van der Waals surface area contributed by atoms with Gasteiger partial charge in [0.25, 0.3) is 0 Å². The number of aryl methyl sites for hydroxylation is 2. The lowest BCUT2D eigenvalue weighted by Crippen LogP contribution is -2.41. The Kier molecular flexibility index (Phi) is 6.17. The quantitative estimate of drug-likeness (QED) is 0.629. The minimum absolute atomic E-state index is 0.139. The molecule has 0 unspecified atom stereocenters. The topological polar surface area (TPSA) is 92.3 Å². The molecule has 1 N–H and O–H groups in total. The van der Waals surface area contributed by atoms with Crippen molar-refractivity contribution in [1.29, 1.82) is 0 Å². The molecule has 0 bridgehead atoms. The van der Waals surface area contributed by atoms with Gasteiger partial charge in [-0.2, -0.15) is 4.31 Å². The van der Waals surface area contributed by atoms with Crippen LogP contribution in [-0.2, 0) is 14.8 Å². The summed E-state index contributed by atoms with van der Waals surface area (Å²) in [6.45, 7) is 4.56. The molecule has 0 saturated carbocycles. The first-order valence-electron chi connectivity index (χ1n) is 10.1.